The number of aromatic nitrogens is 2. The molecule has 0 amide bonds. The van der Waals surface area contributed by atoms with Gasteiger partial charge in [0.2, 0.25) is 0 Å². The Hall–Kier alpha value is -1.36. The van der Waals surface area contributed by atoms with Crippen LogP contribution in [0, 0.1) is 0 Å². The van der Waals surface area contributed by atoms with Crippen molar-refractivity contribution in [1.82, 2.24) is 20.0 Å². The van der Waals surface area contributed by atoms with Gasteiger partial charge in [0, 0.05) is 48.8 Å². The average molecular weight is 333 g/mol. The monoisotopic (exact) mass is 332 g/mol. The summed E-state index contributed by atoms with van der Waals surface area (Å²) in [6.45, 7) is 4.08. The number of hydrogen-bond donors (Lipinski definition) is 1. The topological polar surface area (TPSA) is 33.1 Å². The minimum atomic E-state index is 0.784. The number of rotatable bonds is 6. The van der Waals surface area contributed by atoms with E-state index in [1.54, 1.807) is 0 Å². The standard InChI is InChI=1S/C18H25ClN4/c1-22(2)10-3-11-23-18-8-9-20-13-16(18)17(21-23)12-14-4-6-15(19)7-5-14/h4-7,20H,3,8-13H2,1-2H3. The van der Waals surface area contributed by atoms with Crippen LogP contribution in [0.5, 0.6) is 0 Å². The van der Waals surface area contributed by atoms with Gasteiger partial charge in [0.1, 0.15) is 0 Å². The molecule has 0 atom stereocenters. The Morgan fingerprint density at radius 2 is 2.04 bits per heavy atom. The minimum Gasteiger partial charge on any atom is -0.312 e. The van der Waals surface area contributed by atoms with Gasteiger partial charge in [-0.15, -0.1) is 0 Å². The molecule has 0 saturated carbocycles. The van der Waals surface area contributed by atoms with Crippen molar-refractivity contribution in [2.24, 2.45) is 0 Å². The molecule has 0 bridgehead atoms. The first-order chi connectivity index (χ1) is 11.1. The number of nitrogens with zero attached hydrogens (tertiary/aromatic N) is 3. The second-order valence-corrected chi connectivity index (χ2v) is 6.92. The third kappa shape index (κ3) is 4.14. The highest BCUT2D eigenvalue weighted by molar-refractivity contribution is 6.30. The summed E-state index contributed by atoms with van der Waals surface area (Å²) in [6, 6.07) is 8.09. The van der Waals surface area contributed by atoms with Crippen molar-refractivity contribution in [3.05, 3.63) is 51.8 Å². The van der Waals surface area contributed by atoms with Crippen LogP contribution in [0.15, 0.2) is 24.3 Å². The van der Waals surface area contributed by atoms with Crippen LogP contribution in [0.2, 0.25) is 5.02 Å². The van der Waals surface area contributed by atoms with Crippen LogP contribution in [-0.4, -0.2) is 41.9 Å². The maximum atomic E-state index is 5.98. The summed E-state index contributed by atoms with van der Waals surface area (Å²) >= 11 is 5.98. The number of aryl methyl sites for hydroxylation is 1. The Balaban J connectivity index is 1.79. The molecule has 1 aliphatic rings. The summed E-state index contributed by atoms with van der Waals surface area (Å²) in [5, 5.41) is 9.20. The first kappa shape index (κ1) is 16.5. The predicted molar refractivity (Wildman–Crippen MR) is 95.1 cm³/mol. The van der Waals surface area contributed by atoms with Crippen LogP contribution < -0.4 is 5.32 Å². The lowest BCUT2D eigenvalue weighted by Gasteiger charge is -2.16. The molecule has 2 aromatic rings. The van der Waals surface area contributed by atoms with E-state index in [2.05, 4.69) is 41.1 Å². The Morgan fingerprint density at radius 1 is 1.26 bits per heavy atom. The molecule has 0 radical (unpaired) electrons. The number of hydrogen-bond acceptors (Lipinski definition) is 3. The van der Waals surface area contributed by atoms with Gasteiger partial charge in [0.15, 0.2) is 0 Å². The zero-order valence-corrected chi connectivity index (χ0v) is 14.7. The Morgan fingerprint density at radius 3 is 2.78 bits per heavy atom. The highest BCUT2D eigenvalue weighted by Crippen LogP contribution is 2.22. The van der Waals surface area contributed by atoms with Crippen molar-refractivity contribution in [2.45, 2.75) is 32.4 Å². The van der Waals surface area contributed by atoms with E-state index in [9.17, 15) is 0 Å². The lowest BCUT2D eigenvalue weighted by Crippen LogP contribution is -2.25. The van der Waals surface area contributed by atoms with Gasteiger partial charge < -0.3 is 10.2 Å². The van der Waals surface area contributed by atoms with E-state index in [4.69, 9.17) is 16.7 Å². The lowest BCUT2D eigenvalue weighted by atomic mass is 10.0. The van der Waals surface area contributed by atoms with E-state index in [1.807, 2.05) is 12.1 Å². The molecule has 2 heterocycles. The molecule has 4 nitrogen and oxygen atoms in total. The Bertz CT molecular complexity index is 646. The van der Waals surface area contributed by atoms with E-state index in [-0.39, 0.29) is 0 Å². The fourth-order valence-electron chi connectivity index (χ4n) is 3.15. The molecule has 1 aromatic heterocycles. The molecule has 0 aliphatic carbocycles. The summed E-state index contributed by atoms with van der Waals surface area (Å²) in [5.74, 6) is 0. The molecule has 23 heavy (non-hydrogen) atoms. The van der Waals surface area contributed by atoms with Gasteiger partial charge in [-0.1, -0.05) is 23.7 Å². The van der Waals surface area contributed by atoms with Crippen LogP contribution >= 0.6 is 11.6 Å². The van der Waals surface area contributed by atoms with Gasteiger partial charge in [0.05, 0.1) is 5.69 Å². The second kappa shape index (κ2) is 7.47. The number of nitrogens with one attached hydrogen (secondary N) is 1. The maximum Gasteiger partial charge on any atom is 0.0716 e. The minimum absolute atomic E-state index is 0.784. The summed E-state index contributed by atoms with van der Waals surface area (Å²) in [6.07, 6.45) is 3.09. The van der Waals surface area contributed by atoms with Crippen LogP contribution in [0.3, 0.4) is 0 Å². The van der Waals surface area contributed by atoms with Gasteiger partial charge in [-0.25, -0.2) is 0 Å². The number of fused-ring (bicyclic) bond motifs is 1. The third-order valence-corrected chi connectivity index (χ3v) is 4.60. The molecule has 0 spiro atoms. The van der Waals surface area contributed by atoms with Crippen molar-refractivity contribution in [3.63, 3.8) is 0 Å². The highest BCUT2D eigenvalue weighted by Gasteiger charge is 2.20. The molecule has 1 aromatic carbocycles. The zero-order valence-electron chi connectivity index (χ0n) is 14.0. The lowest BCUT2D eigenvalue weighted by molar-refractivity contribution is 0.377. The molecular formula is C18H25ClN4. The summed E-state index contributed by atoms with van der Waals surface area (Å²) < 4.78 is 2.24. The van der Waals surface area contributed by atoms with Crippen LogP contribution in [0.25, 0.3) is 0 Å². The van der Waals surface area contributed by atoms with Gasteiger partial charge in [-0.3, -0.25) is 4.68 Å². The van der Waals surface area contributed by atoms with Crippen molar-refractivity contribution < 1.29 is 0 Å². The van der Waals surface area contributed by atoms with E-state index in [0.717, 1.165) is 50.5 Å². The van der Waals surface area contributed by atoms with Gasteiger partial charge in [0.25, 0.3) is 0 Å². The normalized spacial score (nSPS) is 14.3. The van der Waals surface area contributed by atoms with Crippen molar-refractivity contribution >= 4 is 11.6 Å². The fourth-order valence-corrected chi connectivity index (χ4v) is 3.28. The van der Waals surface area contributed by atoms with E-state index >= 15 is 0 Å². The molecule has 0 fully saturated rings. The summed E-state index contributed by atoms with van der Waals surface area (Å²) in [7, 11) is 4.24. The maximum absolute atomic E-state index is 5.98. The van der Waals surface area contributed by atoms with Crippen molar-refractivity contribution in [2.75, 3.05) is 27.2 Å². The van der Waals surface area contributed by atoms with Gasteiger partial charge in [-0.2, -0.15) is 5.10 Å². The van der Waals surface area contributed by atoms with E-state index < -0.39 is 0 Å². The molecule has 5 heteroatoms. The predicted octanol–water partition coefficient (Wildman–Crippen LogP) is 2.72. The van der Waals surface area contributed by atoms with Crippen molar-refractivity contribution in [3.8, 4) is 0 Å². The fraction of sp³-hybridized carbons (Fsp3) is 0.500. The highest BCUT2D eigenvalue weighted by atomic mass is 35.5. The van der Waals surface area contributed by atoms with E-state index in [0.29, 0.717) is 0 Å². The summed E-state index contributed by atoms with van der Waals surface area (Å²) in [4.78, 5) is 2.23. The molecule has 0 unspecified atom stereocenters. The summed E-state index contributed by atoms with van der Waals surface area (Å²) in [5.41, 5.74) is 5.29. The molecule has 1 N–H and O–H groups in total. The van der Waals surface area contributed by atoms with E-state index in [1.165, 1.54) is 22.5 Å². The largest absolute Gasteiger partial charge is 0.312 e. The first-order valence-corrected chi connectivity index (χ1v) is 8.68. The second-order valence-electron chi connectivity index (χ2n) is 6.48. The van der Waals surface area contributed by atoms with Gasteiger partial charge >= 0.3 is 0 Å². The molecule has 0 saturated heterocycles. The Kier molecular flexibility index (Phi) is 5.36. The van der Waals surface area contributed by atoms with Gasteiger partial charge in [-0.05, 0) is 44.8 Å². The molecule has 124 valence electrons. The quantitative estimate of drug-likeness (QED) is 0.883. The molecule has 1 aliphatic heterocycles. The van der Waals surface area contributed by atoms with Crippen LogP contribution in [0.1, 0.15) is 28.9 Å². The third-order valence-electron chi connectivity index (χ3n) is 4.35. The first-order valence-electron chi connectivity index (χ1n) is 8.31. The average Bonchev–Trinajstić information content (AvgIpc) is 2.88. The molecular weight excluding hydrogens is 308 g/mol. The van der Waals surface area contributed by atoms with Crippen LogP contribution in [-0.2, 0) is 25.9 Å². The van der Waals surface area contributed by atoms with Crippen LogP contribution in [0.4, 0.5) is 0 Å². The zero-order chi connectivity index (χ0) is 16.2. The number of benzene rings is 1. The smallest absolute Gasteiger partial charge is 0.0716 e. The SMILES string of the molecule is CN(C)CCCn1nc(Cc2ccc(Cl)cc2)c2c1CCNC2. The molecule has 3 rings (SSSR count). The Labute approximate surface area is 143 Å². The van der Waals surface area contributed by atoms with Crippen molar-refractivity contribution in [1.29, 1.82) is 0 Å². The number of halogens is 1.